The Kier molecular flexibility index (Phi) is 11.2. The van der Waals surface area contributed by atoms with Crippen LogP contribution in [0.5, 0.6) is 0 Å². The zero-order chi connectivity index (χ0) is 13.8. The molecule has 1 amide bonds. The zero-order valence-electron chi connectivity index (χ0n) is 12.9. The summed E-state index contributed by atoms with van der Waals surface area (Å²) in [6, 6.07) is 0. The summed E-state index contributed by atoms with van der Waals surface area (Å²) in [6.07, 6.45) is 9.18. The topological polar surface area (TPSA) is 29.1 Å². The lowest BCUT2D eigenvalue weighted by Crippen LogP contribution is -2.34. The van der Waals surface area contributed by atoms with Crippen molar-refractivity contribution < 1.29 is 4.79 Å². The molecule has 0 aliphatic heterocycles. The number of amides is 1. The Balaban J connectivity index is 4.08. The molecule has 0 bridgehead atoms. The van der Waals surface area contributed by atoms with Gasteiger partial charge in [0, 0.05) is 12.5 Å². The number of hydrogen-bond acceptors (Lipinski definition) is 1. The maximum Gasteiger partial charge on any atom is 0.223 e. The van der Waals surface area contributed by atoms with Crippen molar-refractivity contribution in [2.75, 3.05) is 6.54 Å². The van der Waals surface area contributed by atoms with Gasteiger partial charge in [-0.05, 0) is 31.6 Å². The molecule has 0 fully saturated rings. The van der Waals surface area contributed by atoms with Crippen LogP contribution in [0.3, 0.4) is 0 Å². The van der Waals surface area contributed by atoms with E-state index < -0.39 is 0 Å². The molecule has 0 saturated heterocycles. The molecule has 0 spiro atoms. The largest absolute Gasteiger partial charge is 0.356 e. The number of rotatable bonds is 11. The molecule has 0 aromatic carbocycles. The molecule has 108 valence electrons. The highest BCUT2D eigenvalue weighted by Crippen LogP contribution is 2.15. The number of nitrogens with one attached hydrogen (secondary N) is 1. The van der Waals surface area contributed by atoms with E-state index in [0.29, 0.717) is 5.92 Å². The molecule has 0 aliphatic rings. The zero-order valence-corrected chi connectivity index (χ0v) is 12.9. The first kappa shape index (κ1) is 17.5. The van der Waals surface area contributed by atoms with Crippen molar-refractivity contribution in [2.45, 2.75) is 79.1 Å². The fraction of sp³-hybridized carbons (Fsp3) is 0.938. The molecule has 2 nitrogen and oxygen atoms in total. The van der Waals surface area contributed by atoms with E-state index in [4.69, 9.17) is 0 Å². The lowest BCUT2D eigenvalue weighted by Gasteiger charge is -2.19. The SMILES string of the molecule is CCCC(CCC)CNC(=O)C(CCC)CCC. The minimum Gasteiger partial charge on any atom is -0.356 e. The van der Waals surface area contributed by atoms with E-state index in [1.807, 2.05) is 0 Å². The van der Waals surface area contributed by atoms with Crippen LogP contribution in [0.4, 0.5) is 0 Å². The van der Waals surface area contributed by atoms with Gasteiger partial charge in [0.2, 0.25) is 5.91 Å². The van der Waals surface area contributed by atoms with Crippen molar-refractivity contribution in [1.82, 2.24) is 5.32 Å². The second-order valence-corrected chi connectivity index (χ2v) is 5.46. The molecule has 0 aromatic rings. The van der Waals surface area contributed by atoms with Crippen LogP contribution >= 0.6 is 0 Å². The van der Waals surface area contributed by atoms with E-state index in [2.05, 4.69) is 33.0 Å². The molecule has 0 unspecified atom stereocenters. The highest BCUT2D eigenvalue weighted by Gasteiger charge is 2.17. The van der Waals surface area contributed by atoms with Gasteiger partial charge in [0.1, 0.15) is 0 Å². The Morgan fingerprint density at radius 1 is 0.833 bits per heavy atom. The van der Waals surface area contributed by atoms with Gasteiger partial charge in [-0.15, -0.1) is 0 Å². The van der Waals surface area contributed by atoms with Gasteiger partial charge in [0.05, 0.1) is 0 Å². The summed E-state index contributed by atoms with van der Waals surface area (Å²) in [5.74, 6) is 1.20. The van der Waals surface area contributed by atoms with Crippen LogP contribution in [-0.4, -0.2) is 12.5 Å². The maximum atomic E-state index is 12.1. The Morgan fingerprint density at radius 3 is 1.67 bits per heavy atom. The minimum absolute atomic E-state index is 0.240. The van der Waals surface area contributed by atoms with E-state index >= 15 is 0 Å². The van der Waals surface area contributed by atoms with Crippen molar-refractivity contribution >= 4 is 5.91 Å². The highest BCUT2D eigenvalue weighted by molar-refractivity contribution is 5.78. The Hall–Kier alpha value is -0.530. The van der Waals surface area contributed by atoms with Crippen molar-refractivity contribution in [3.63, 3.8) is 0 Å². The molecule has 0 rings (SSSR count). The van der Waals surface area contributed by atoms with Crippen LogP contribution in [0.25, 0.3) is 0 Å². The third-order valence-electron chi connectivity index (χ3n) is 3.60. The van der Waals surface area contributed by atoms with E-state index in [9.17, 15) is 4.79 Å². The summed E-state index contributed by atoms with van der Waals surface area (Å²) in [4.78, 5) is 12.1. The summed E-state index contributed by atoms with van der Waals surface area (Å²) in [7, 11) is 0. The molecular formula is C16H33NO. The third-order valence-corrected chi connectivity index (χ3v) is 3.60. The number of carbonyl (C=O) groups is 1. The molecule has 0 radical (unpaired) electrons. The predicted molar refractivity (Wildman–Crippen MR) is 79.6 cm³/mol. The molecule has 0 aliphatic carbocycles. The molecular weight excluding hydrogens is 222 g/mol. The molecule has 2 heteroatoms. The van der Waals surface area contributed by atoms with E-state index in [1.54, 1.807) is 0 Å². The molecule has 0 atom stereocenters. The molecule has 0 aromatic heterocycles. The first-order valence-corrected chi connectivity index (χ1v) is 7.97. The maximum absolute atomic E-state index is 12.1. The van der Waals surface area contributed by atoms with Gasteiger partial charge in [0.25, 0.3) is 0 Å². The molecule has 18 heavy (non-hydrogen) atoms. The predicted octanol–water partition coefficient (Wildman–Crippen LogP) is 4.54. The average Bonchev–Trinajstić information content (AvgIpc) is 2.36. The summed E-state index contributed by atoms with van der Waals surface area (Å²) in [5, 5.41) is 3.18. The van der Waals surface area contributed by atoms with Gasteiger partial charge in [-0.1, -0.05) is 53.4 Å². The van der Waals surface area contributed by atoms with Crippen LogP contribution in [0.15, 0.2) is 0 Å². The van der Waals surface area contributed by atoms with Gasteiger partial charge in [-0.2, -0.15) is 0 Å². The quantitative estimate of drug-likeness (QED) is 0.577. The van der Waals surface area contributed by atoms with Gasteiger partial charge in [-0.3, -0.25) is 4.79 Å². The highest BCUT2D eigenvalue weighted by atomic mass is 16.1. The third kappa shape index (κ3) is 7.73. The lowest BCUT2D eigenvalue weighted by atomic mass is 9.95. The molecule has 0 saturated carbocycles. The van der Waals surface area contributed by atoms with E-state index in [-0.39, 0.29) is 11.8 Å². The van der Waals surface area contributed by atoms with Crippen molar-refractivity contribution in [3.8, 4) is 0 Å². The van der Waals surface area contributed by atoms with Crippen molar-refractivity contribution in [3.05, 3.63) is 0 Å². The fourth-order valence-corrected chi connectivity index (χ4v) is 2.66. The standard InChI is InChI=1S/C16H33NO/c1-5-9-14(10-6-2)13-17-16(18)15(11-7-3)12-8-4/h14-15H,5-13H2,1-4H3,(H,17,18). The van der Waals surface area contributed by atoms with Crippen LogP contribution in [0.2, 0.25) is 0 Å². The van der Waals surface area contributed by atoms with Gasteiger partial charge in [0.15, 0.2) is 0 Å². The van der Waals surface area contributed by atoms with Crippen molar-refractivity contribution in [1.29, 1.82) is 0 Å². The van der Waals surface area contributed by atoms with Crippen molar-refractivity contribution in [2.24, 2.45) is 11.8 Å². The van der Waals surface area contributed by atoms with Gasteiger partial charge in [-0.25, -0.2) is 0 Å². The molecule has 1 N–H and O–H groups in total. The number of hydrogen-bond donors (Lipinski definition) is 1. The first-order chi connectivity index (χ1) is 8.69. The Labute approximate surface area is 114 Å². The lowest BCUT2D eigenvalue weighted by molar-refractivity contribution is -0.125. The summed E-state index contributed by atoms with van der Waals surface area (Å²) in [6.45, 7) is 9.65. The van der Waals surface area contributed by atoms with Crippen LogP contribution in [0.1, 0.15) is 79.1 Å². The van der Waals surface area contributed by atoms with Gasteiger partial charge >= 0.3 is 0 Å². The Morgan fingerprint density at radius 2 is 1.28 bits per heavy atom. The summed E-state index contributed by atoms with van der Waals surface area (Å²) < 4.78 is 0. The van der Waals surface area contributed by atoms with E-state index in [1.165, 1.54) is 25.7 Å². The molecule has 0 heterocycles. The van der Waals surface area contributed by atoms with Crippen LogP contribution < -0.4 is 5.32 Å². The van der Waals surface area contributed by atoms with Crippen LogP contribution in [0, 0.1) is 11.8 Å². The first-order valence-electron chi connectivity index (χ1n) is 7.97. The average molecular weight is 255 g/mol. The summed E-state index contributed by atoms with van der Waals surface area (Å²) in [5.41, 5.74) is 0. The second-order valence-electron chi connectivity index (χ2n) is 5.46. The minimum atomic E-state index is 0.240. The second kappa shape index (κ2) is 11.6. The Bertz CT molecular complexity index is 191. The summed E-state index contributed by atoms with van der Waals surface area (Å²) >= 11 is 0. The van der Waals surface area contributed by atoms with Gasteiger partial charge < -0.3 is 5.32 Å². The van der Waals surface area contributed by atoms with Crippen LogP contribution in [-0.2, 0) is 4.79 Å². The number of carbonyl (C=O) groups excluding carboxylic acids is 1. The fourth-order valence-electron chi connectivity index (χ4n) is 2.66. The van der Waals surface area contributed by atoms with E-state index in [0.717, 1.165) is 32.2 Å². The normalized spacial score (nSPS) is 11.2. The monoisotopic (exact) mass is 255 g/mol. The smallest absolute Gasteiger partial charge is 0.223 e.